The van der Waals surface area contributed by atoms with E-state index in [1.165, 1.54) is 25.1 Å². The fourth-order valence-electron chi connectivity index (χ4n) is 2.63. The van der Waals surface area contributed by atoms with Crippen LogP contribution in [-0.4, -0.2) is 49.6 Å². The second-order valence-corrected chi connectivity index (χ2v) is 5.51. The molecule has 1 aliphatic heterocycles. The van der Waals surface area contributed by atoms with Gasteiger partial charge in [0, 0.05) is 25.2 Å². The summed E-state index contributed by atoms with van der Waals surface area (Å²) in [5.74, 6) is 0. The lowest BCUT2D eigenvalue weighted by Crippen LogP contribution is -2.32. The van der Waals surface area contributed by atoms with Gasteiger partial charge in [-0.3, -0.25) is 0 Å². The first-order chi connectivity index (χ1) is 8.66. The van der Waals surface area contributed by atoms with Crippen LogP contribution in [0.4, 0.5) is 0 Å². The minimum Gasteiger partial charge on any atom is -0.324 e. The summed E-state index contributed by atoms with van der Waals surface area (Å²) in [5.41, 5.74) is 7.48. The number of nitrogens with zero attached hydrogens (tertiary/aromatic N) is 2. The van der Waals surface area contributed by atoms with E-state index >= 15 is 0 Å². The highest BCUT2D eigenvalue weighted by atomic mass is 15.2. The average Bonchev–Trinajstić information content (AvgIpc) is 2.86. The first-order valence-electron chi connectivity index (χ1n) is 6.86. The molecule has 100 valence electrons. The van der Waals surface area contributed by atoms with Crippen molar-refractivity contribution in [2.24, 2.45) is 5.73 Å². The lowest BCUT2D eigenvalue weighted by Gasteiger charge is -2.21. The van der Waals surface area contributed by atoms with Gasteiger partial charge in [-0.25, -0.2) is 0 Å². The number of nitrogens with two attached hydrogens (primary N) is 1. The van der Waals surface area contributed by atoms with Crippen molar-refractivity contribution in [1.29, 1.82) is 0 Å². The molecular weight excluding hydrogens is 222 g/mol. The van der Waals surface area contributed by atoms with Gasteiger partial charge in [0.25, 0.3) is 0 Å². The summed E-state index contributed by atoms with van der Waals surface area (Å²) in [5, 5.41) is 0. The van der Waals surface area contributed by atoms with E-state index in [-0.39, 0.29) is 6.04 Å². The molecule has 1 saturated heterocycles. The van der Waals surface area contributed by atoms with Gasteiger partial charge < -0.3 is 15.5 Å². The number of hydrogen-bond acceptors (Lipinski definition) is 3. The van der Waals surface area contributed by atoms with Crippen molar-refractivity contribution >= 4 is 0 Å². The topological polar surface area (TPSA) is 32.5 Å². The Bertz CT molecular complexity index is 350. The average molecular weight is 247 g/mol. The molecule has 0 aliphatic carbocycles. The molecule has 1 aromatic rings. The van der Waals surface area contributed by atoms with E-state index in [1.807, 2.05) is 6.07 Å². The first-order valence-corrected chi connectivity index (χ1v) is 6.86. The highest BCUT2D eigenvalue weighted by Crippen LogP contribution is 2.17. The van der Waals surface area contributed by atoms with Crippen molar-refractivity contribution in [3.8, 4) is 0 Å². The molecule has 0 radical (unpaired) electrons. The van der Waals surface area contributed by atoms with Gasteiger partial charge in [-0.05, 0) is 39.0 Å². The maximum absolute atomic E-state index is 6.23. The molecule has 3 nitrogen and oxygen atoms in total. The molecule has 18 heavy (non-hydrogen) atoms. The van der Waals surface area contributed by atoms with Gasteiger partial charge >= 0.3 is 0 Å². The summed E-state index contributed by atoms with van der Waals surface area (Å²) < 4.78 is 0. The van der Waals surface area contributed by atoms with Crippen LogP contribution >= 0.6 is 0 Å². The van der Waals surface area contributed by atoms with E-state index in [1.54, 1.807) is 0 Å². The van der Waals surface area contributed by atoms with Crippen molar-refractivity contribution in [3.63, 3.8) is 0 Å². The molecule has 0 bridgehead atoms. The number of likely N-dealkylation sites (N-methyl/N-ethyl adjacent to an activating group) is 1. The number of benzene rings is 1. The van der Waals surface area contributed by atoms with Crippen molar-refractivity contribution in [2.75, 3.05) is 33.7 Å². The van der Waals surface area contributed by atoms with Crippen LogP contribution in [-0.2, 0) is 0 Å². The molecule has 2 N–H and O–H groups in total. The second kappa shape index (κ2) is 6.32. The SMILES string of the molecule is CN(C)C1CCN(CCC(N)c2ccccc2)C1. The van der Waals surface area contributed by atoms with Crippen LogP contribution in [0.1, 0.15) is 24.4 Å². The van der Waals surface area contributed by atoms with Gasteiger partial charge in [0.15, 0.2) is 0 Å². The van der Waals surface area contributed by atoms with E-state index in [0.29, 0.717) is 0 Å². The Morgan fingerprint density at radius 2 is 2.06 bits per heavy atom. The van der Waals surface area contributed by atoms with Gasteiger partial charge in [0.1, 0.15) is 0 Å². The van der Waals surface area contributed by atoms with E-state index < -0.39 is 0 Å². The minimum atomic E-state index is 0.171. The van der Waals surface area contributed by atoms with E-state index in [4.69, 9.17) is 5.73 Å². The Kier molecular flexibility index (Phi) is 4.75. The van der Waals surface area contributed by atoms with Gasteiger partial charge in [-0.1, -0.05) is 30.3 Å². The molecule has 0 aromatic heterocycles. The molecule has 1 fully saturated rings. The monoisotopic (exact) mass is 247 g/mol. The van der Waals surface area contributed by atoms with E-state index in [9.17, 15) is 0 Å². The fraction of sp³-hybridized carbons (Fsp3) is 0.600. The van der Waals surface area contributed by atoms with E-state index in [2.05, 4.69) is 48.2 Å². The zero-order valence-corrected chi connectivity index (χ0v) is 11.5. The minimum absolute atomic E-state index is 0.171. The van der Waals surface area contributed by atoms with Crippen LogP contribution < -0.4 is 5.73 Å². The lowest BCUT2D eigenvalue weighted by atomic mass is 10.0. The maximum Gasteiger partial charge on any atom is 0.0307 e. The number of rotatable bonds is 5. The number of hydrogen-bond donors (Lipinski definition) is 1. The van der Waals surface area contributed by atoms with Gasteiger partial charge in [-0.2, -0.15) is 0 Å². The Morgan fingerprint density at radius 3 is 2.67 bits per heavy atom. The highest BCUT2D eigenvalue weighted by Gasteiger charge is 2.23. The third-order valence-electron chi connectivity index (χ3n) is 3.96. The standard InChI is InChI=1S/C15H25N3/c1-17(2)14-8-10-18(12-14)11-9-15(16)13-6-4-3-5-7-13/h3-7,14-15H,8-12,16H2,1-2H3. The molecular formula is C15H25N3. The Labute approximate surface area is 111 Å². The summed E-state index contributed by atoms with van der Waals surface area (Å²) in [7, 11) is 4.34. The van der Waals surface area contributed by atoms with Crippen LogP contribution in [0.5, 0.6) is 0 Å². The van der Waals surface area contributed by atoms with Crippen LogP contribution in [0.25, 0.3) is 0 Å². The van der Waals surface area contributed by atoms with Crippen LogP contribution in [0.3, 0.4) is 0 Å². The van der Waals surface area contributed by atoms with Gasteiger partial charge in [-0.15, -0.1) is 0 Å². The Balaban J connectivity index is 1.76. The number of likely N-dealkylation sites (tertiary alicyclic amines) is 1. The summed E-state index contributed by atoms with van der Waals surface area (Å²) in [6.45, 7) is 3.51. The molecule has 2 atom stereocenters. The lowest BCUT2D eigenvalue weighted by molar-refractivity contribution is 0.263. The molecule has 3 heteroatoms. The van der Waals surface area contributed by atoms with Crippen molar-refractivity contribution in [3.05, 3.63) is 35.9 Å². The summed E-state index contributed by atoms with van der Waals surface area (Å²) in [4.78, 5) is 4.87. The molecule has 0 saturated carbocycles. The smallest absolute Gasteiger partial charge is 0.0307 e. The fourth-order valence-corrected chi connectivity index (χ4v) is 2.63. The third-order valence-corrected chi connectivity index (χ3v) is 3.96. The molecule has 1 aromatic carbocycles. The molecule has 1 heterocycles. The quantitative estimate of drug-likeness (QED) is 0.860. The largest absolute Gasteiger partial charge is 0.324 e. The van der Waals surface area contributed by atoms with Crippen LogP contribution in [0.15, 0.2) is 30.3 Å². The summed E-state index contributed by atoms with van der Waals surface area (Å²) in [6.07, 6.45) is 2.33. The molecule has 0 amide bonds. The maximum atomic E-state index is 6.23. The predicted molar refractivity (Wildman–Crippen MR) is 76.5 cm³/mol. The van der Waals surface area contributed by atoms with Crippen LogP contribution in [0.2, 0.25) is 0 Å². The second-order valence-electron chi connectivity index (χ2n) is 5.51. The predicted octanol–water partition coefficient (Wildman–Crippen LogP) is 1.71. The Morgan fingerprint density at radius 1 is 1.33 bits per heavy atom. The van der Waals surface area contributed by atoms with Gasteiger partial charge in [0.05, 0.1) is 0 Å². The summed E-state index contributed by atoms with van der Waals surface area (Å²) >= 11 is 0. The van der Waals surface area contributed by atoms with Gasteiger partial charge in [0.2, 0.25) is 0 Å². The molecule has 2 unspecified atom stereocenters. The Hall–Kier alpha value is -0.900. The zero-order chi connectivity index (χ0) is 13.0. The van der Waals surface area contributed by atoms with Crippen LogP contribution in [0, 0.1) is 0 Å². The van der Waals surface area contributed by atoms with Crippen molar-refractivity contribution in [1.82, 2.24) is 9.80 Å². The van der Waals surface area contributed by atoms with Crippen molar-refractivity contribution < 1.29 is 0 Å². The normalized spacial score (nSPS) is 22.6. The molecule has 1 aliphatic rings. The first kappa shape index (κ1) is 13.5. The molecule has 0 spiro atoms. The molecule has 2 rings (SSSR count). The van der Waals surface area contributed by atoms with E-state index in [0.717, 1.165) is 19.0 Å². The highest BCUT2D eigenvalue weighted by molar-refractivity contribution is 5.18. The zero-order valence-electron chi connectivity index (χ0n) is 11.5. The van der Waals surface area contributed by atoms with Crippen molar-refractivity contribution in [2.45, 2.75) is 24.9 Å². The summed E-state index contributed by atoms with van der Waals surface area (Å²) in [6, 6.07) is 11.3. The third kappa shape index (κ3) is 3.55.